The van der Waals surface area contributed by atoms with Crippen LogP contribution < -0.4 is 0 Å². The quantitative estimate of drug-likeness (QED) is 0.300. The summed E-state index contributed by atoms with van der Waals surface area (Å²) >= 11 is 0. The highest BCUT2D eigenvalue weighted by Crippen LogP contribution is 2.11. The molecule has 0 radical (unpaired) electrons. The monoisotopic (exact) mass is 258 g/mol. The van der Waals surface area contributed by atoms with Gasteiger partial charge in [-0.05, 0) is 45.9 Å². The van der Waals surface area contributed by atoms with E-state index in [1.807, 2.05) is 20.8 Å². The van der Waals surface area contributed by atoms with E-state index >= 15 is 0 Å². The molecule has 0 N–H and O–H groups in total. The topological polar surface area (TPSA) is 26.3 Å². The van der Waals surface area contributed by atoms with Crippen molar-refractivity contribution in [1.29, 1.82) is 0 Å². The first-order valence-electron chi connectivity index (χ1n) is 6.11. The van der Waals surface area contributed by atoms with Crippen molar-refractivity contribution >= 4 is 5.97 Å². The molecule has 0 unspecified atom stereocenters. The minimum Gasteiger partial charge on any atom is -0.423 e. The molecule has 0 saturated carbocycles. The number of allylic oxidation sites excluding steroid dienone is 7. The van der Waals surface area contributed by atoms with Crippen LogP contribution in [0.25, 0.3) is 0 Å². The lowest BCUT2D eigenvalue weighted by molar-refractivity contribution is -0.134. The van der Waals surface area contributed by atoms with Crippen molar-refractivity contribution in [2.24, 2.45) is 0 Å². The normalized spacial score (nSPS) is 12.7. The van der Waals surface area contributed by atoms with Crippen LogP contribution in [0, 0.1) is 0 Å². The molecule has 0 aromatic heterocycles. The Kier molecular flexibility index (Phi) is 7.94. The number of ether oxygens (including phenoxy) is 1. The molecule has 102 valence electrons. The first-order chi connectivity index (χ1) is 8.94. The standard InChI is InChI=1S/C17H22O2/c1-7-10-16(11-13(4)5)19-17(18)15(9-3)12-14(6)8-2/h7-12H,1-2H2,3-6H3/b14-12-,15-9+,16-10+. The maximum atomic E-state index is 12.0. The third kappa shape index (κ3) is 7.04. The Morgan fingerprint density at radius 1 is 1.11 bits per heavy atom. The van der Waals surface area contributed by atoms with Gasteiger partial charge in [-0.15, -0.1) is 0 Å². The summed E-state index contributed by atoms with van der Waals surface area (Å²) in [5, 5.41) is 0. The van der Waals surface area contributed by atoms with Gasteiger partial charge in [0, 0.05) is 0 Å². The highest BCUT2D eigenvalue weighted by molar-refractivity contribution is 5.92. The second-order valence-corrected chi connectivity index (χ2v) is 4.25. The Balaban J connectivity index is 5.11. The van der Waals surface area contributed by atoms with E-state index in [9.17, 15) is 4.79 Å². The van der Waals surface area contributed by atoms with Gasteiger partial charge in [-0.3, -0.25) is 0 Å². The average molecular weight is 258 g/mol. The van der Waals surface area contributed by atoms with Crippen molar-refractivity contribution in [3.05, 3.63) is 72.1 Å². The van der Waals surface area contributed by atoms with E-state index in [0.29, 0.717) is 11.3 Å². The van der Waals surface area contributed by atoms with E-state index in [-0.39, 0.29) is 0 Å². The first-order valence-corrected chi connectivity index (χ1v) is 6.11. The third-order valence-electron chi connectivity index (χ3n) is 2.18. The molecule has 0 aromatic rings. The zero-order valence-electron chi connectivity index (χ0n) is 12.2. The largest absolute Gasteiger partial charge is 0.423 e. The Morgan fingerprint density at radius 3 is 2.16 bits per heavy atom. The Bertz CT molecular complexity index is 467. The van der Waals surface area contributed by atoms with Crippen LogP contribution in [-0.4, -0.2) is 5.97 Å². The number of rotatable bonds is 6. The van der Waals surface area contributed by atoms with Gasteiger partial charge >= 0.3 is 5.97 Å². The van der Waals surface area contributed by atoms with Gasteiger partial charge in [0.1, 0.15) is 5.76 Å². The fourth-order valence-electron chi connectivity index (χ4n) is 1.24. The number of esters is 1. The van der Waals surface area contributed by atoms with Crippen LogP contribution in [0.5, 0.6) is 0 Å². The second-order valence-electron chi connectivity index (χ2n) is 4.25. The fraction of sp³-hybridized carbons (Fsp3) is 0.235. The lowest BCUT2D eigenvalue weighted by Crippen LogP contribution is -2.06. The summed E-state index contributed by atoms with van der Waals surface area (Å²) in [6.07, 6.45) is 10.2. The molecule has 0 aliphatic heterocycles. The van der Waals surface area contributed by atoms with Gasteiger partial charge in [0.05, 0.1) is 5.57 Å². The summed E-state index contributed by atoms with van der Waals surface area (Å²) in [6.45, 7) is 14.8. The smallest absolute Gasteiger partial charge is 0.343 e. The van der Waals surface area contributed by atoms with Crippen molar-refractivity contribution in [3.63, 3.8) is 0 Å². The molecule has 0 fully saturated rings. The Hall–Kier alpha value is -2.09. The molecule has 19 heavy (non-hydrogen) atoms. The molecule has 0 amide bonds. The van der Waals surface area contributed by atoms with Gasteiger partial charge in [0.25, 0.3) is 0 Å². The van der Waals surface area contributed by atoms with E-state index in [2.05, 4.69) is 13.2 Å². The van der Waals surface area contributed by atoms with Crippen LogP contribution in [0.2, 0.25) is 0 Å². The minimum absolute atomic E-state index is 0.394. The van der Waals surface area contributed by atoms with Crippen LogP contribution >= 0.6 is 0 Å². The number of hydrogen-bond acceptors (Lipinski definition) is 2. The van der Waals surface area contributed by atoms with Crippen molar-refractivity contribution in [2.75, 3.05) is 0 Å². The SMILES string of the molecule is C=C/C=C(\C=C(C)C)OC(=O)C(/C=C(/C)C=C)=C/C. The average Bonchev–Trinajstić information content (AvgIpc) is 2.34. The summed E-state index contributed by atoms with van der Waals surface area (Å²) in [5.74, 6) is 0.0818. The number of carbonyl (C=O) groups excluding carboxylic acids is 1. The lowest BCUT2D eigenvalue weighted by atomic mass is 10.1. The van der Waals surface area contributed by atoms with Crippen molar-refractivity contribution in [2.45, 2.75) is 27.7 Å². The summed E-state index contributed by atoms with van der Waals surface area (Å²) in [5.41, 5.74) is 2.44. The first kappa shape index (κ1) is 16.9. The van der Waals surface area contributed by atoms with Crippen LogP contribution in [0.4, 0.5) is 0 Å². The fourth-order valence-corrected chi connectivity index (χ4v) is 1.24. The maximum Gasteiger partial charge on any atom is 0.343 e. The molecule has 0 rings (SSSR count). The van der Waals surface area contributed by atoms with E-state index < -0.39 is 5.97 Å². The van der Waals surface area contributed by atoms with Gasteiger partial charge in [-0.1, -0.05) is 42.5 Å². The van der Waals surface area contributed by atoms with E-state index in [4.69, 9.17) is 4.74 Å². The predicted octanol–water partition coefficient (Wildman–Crippen LogP) is 4.64. The van der Waals surface area contributed by atoms with Gasteiger partial charge in [-0.2, -0.15) is 0 Å². The summed E-state index contributed by atoms with van der Waals surface area (Å²) in [7, 11) is 0. The number of carbonyl (C=O) groups is 1. The zero-order valence-corrected chi connectivity index (χ0v) is 12.2. The number of hydrogen-bond donors (Lipinski definition) is 0. The third-order valence-corrected chi connectivity index (χ3v) is 2.18. The summed E-state index contributed by atoms with van der Waals surface area (Å²) in [6, 6.07) is 0. The second kappa shape index (κ2) is 8.92. The van der Waals surface area contributed by atoms with Crippen LogP contribution in [0.15, 0.2) is 72.1 Å². The van der Waals surface area contributed by atoms with Gasteiger partial charge in [0.2, 0.25) is 0 Å². The molecular formula is C17H22O2. The predicted molar refractivity (Wildman–Crippen MR) is 81.5 cm³/mol. The molecule has 2 heteroatoms. The molecule has 0 heterocycles. The maximum absolute atomic E-state index is 12.0. The molecule has 0 bridgehead atoms. The molecule has 0 saturated heterocycles. The summed E-state index contributed by atoms with van der Waals surface area (Å²) < 4.78 is 5.33. The van der Waals surface area contributed by atoms with Crippen molar-refractivity contribution in [1.82, 2.24) is 0 Å². The minimum atomic E-state index is -0.394. The van der Waals surface area contributed by atoms with Gasteiger partial charge in [0.15, 0.2) is 0 Å². The van der Waals surface area contributed by atoms with Crippen LogP contribution in [0.1, 0.15) is 27.7 Å². The molecule has 0 atom stereocenters. The zero-order chi connectivity index (χ0) is 14.8. The van der Waals surface area contributed by atoms with E-state index in [1.54, 1.807) is 43.4 Å². The Labute approximate surface area is 116 Å². The molecular weight excluding hydrogens is 236 g/mol. The van der Waals surface area contributed by atoms with Crippen LogP contribution in [-0.2, 0) is 9.53 Å². The van der Waals surface area contributed by atoms with Gasteiger partial charge < -0.3 is 4.74 Å². The van der Waals surface area contributed by atoms with E-state index in [0.717, 1.165) is 11.1 Å². The molecule has 0 spiro atoms. The molecule has 0 aliphatic carbocycles. The summed E-state index contributed by atoms with van der Waals surface area (Å²) in [4.78, 5) is 12.0. The van der Waals surface area contributed by atoms with Crippen LogP contribution in [0.3, 0.4) is 0 Å². The van der Waals surface area contributed by atoms with Crippen molar-refractivity contribution in [3.8, 4) is 0 Å². The molecule has 2 nitrogen and oxygen atoms in total. The lowest BCUT2D eigenvalue weighted by Gasteiger charge is -2.06. The van der Waals surface area contributed by atoms with Gasteiger partial charge in [-0.25, -0.2) is 4.79 Å². The highest BCUT2D eigenvalue weighted by atomic mass is 16.5. The highest BCUT2D eigenvalue weighted by Gasteiger charge is 2.09. The molecule has 0 aromatic carbocycles. The molecule has 0 aliphatic rings. The van der Waals surface area contributed by atoms with E-state index in [1.165, 1.54) is 0 Å². The Morgan fingerprint density at radius 2 is 1.74 bits per heavy atom. The van der Waals surface area contributed by atoms with Crippen molar-refractivity contribution < 1.29 is 9.53 Å².